The van der Waals surface area contributed by atoms with Gasteiger partial charge in [0.1, 0.15) is 0 Å². The third kappa shape index (κ3) is 3.91. The maximum atomic E-state index is 9.76. The average molecular weight is 170 g/mol. The van der Waals surface area contributed by atoms with E-state index in [1.165, 1.54) is 0 Å². The van der Waals surface area contributed by atoms with E-state index in [-0.39, 0.29) is 12.0 Å². The molecule has 1 nitrogen and oxygen atoms in total. The first-order chi connectivity index (χ1) is 5.49. The van der Waals surface area contributed by atoms with Crippen LogP contribution in [0, 0.1) is 17.8 Å². The van der Waals surface area contributed by atoms with E-state index >= 15 is 0 Å². The van der Waals surface area contributed by atoms with Crippen LogP contribution in [0.5, 0.6) is 0 Å². The molecule has 0 aliphatic rings. The van der Waals surface area contributed by atoms with Gasteiger partial charge in [-0.2, -0.15) is 0 Å². The van der Waals surface area contributed by atoms with Gasteiger partial charge in [0.2, 0.25) is 0 Å². The molecule has 0 heterocycles. The van der Waals surface area contributed by atoms with Crippen LogP contribution in [-0.4, -0.2) is 11.2 Å². The first kappa shape index (κ1) is 11.7. The summed E-state index contributed by atoms with van der Waals surface area (Å²) >= 11 is 0. The second-order valence-corrected chi connectivity index (χ2v) is 4.19. The van der Waals surface area contributed by atoms with E-state index in [1.54, 1.807) is 0 Å². The van der Waals surface area contributed by atoms with Gasteiger partial charge in [0.05, 0.1) is 6.10 Å². The van der Waals surface area contributed by atoms with Gasteiger partial charge in [-0.25, -0.2) is 0 Å². The maximum Gasteiger partial charge on any atom is 0.0625 e. The van der Waals surface area contributed by atoms with E-state index in [4.69, 9.17) is 0 Å². The number of aliphatic hydroxyl groups excluding tert-OH is 1. The van der Waals surface area contributed by atoms with Gasteiger partial charge < -0.3 is 5.11 Å². The highest BCUT2D eigenvalue weighted by Crippen LogP contribution is 2.20. The number of rotatable bonds is 5. The zero-order valence-electron chi connectivity index (χ0n) is 8.75. The molecule has 12 heavy (non-hydrogen) atoms. The molecule has 0 aromatic rings. The molecule has 0 spiro atoms. The normalized spacial score (nSPS) is 18.8. The van der Waals surface area contributed by atoms with Crippen molar-refractivity contribution in [2.45, 2.75) is 40.2 Å². The Kier molecular flexibility index (Phi) is 5.23. The molecular formula is C11H22O. The van der Waals surface area contributed by atoms with Gasteiger partial charge in [-0.3, -0.25) is 0 Å². The predicted molar refractivity (Wildman–Crippen MR) is 54.0 cm³/mol. The summed E-state index contributed by atoms with van der Waals surface area (Å²) in [6.45, 7) is 12.2. The number of hydrogen-bond donors (Lipinski definition) is 1. The van der Waals surface area contributed by atoms with Crippen molar-refractivity contribution in [2.24, 2.45) is 17.8 Å². The Morgan fingerprint density at radius 1 is 1.25 bits per heavy atom. The molecule has 0 saturated heterocycles. The molecule has 1 N–H and O–H groups in total. The van der Waals surface area contributed by atoms with Crippen LogP contribution < -0.4 is 0 Å². The Balaban J connectivity index is 3.91. The monoisotopic (exact) mass is 170 g/mol. The minimum absolute atomic E-state index is 0.207. The van der Waals surface area contributed by atoms with E-state index in [2.05, 4.69) is 27.4 Å². The van der Waals surface area contributed by atoms with Crippen molar-refractivity contribution in [3.63, 3.8) is 0 Å². The molecule has 0 radical (unpaired) electrons. The van der Waals surface area contributed by atoms with Gasteiger partial charge in [0.15, 0.2) is 0 Å². The smallest absolute Gasteiger partial charge is 0.0625 e. The second kappa shape index (κ2) is 5.36. The summed E-state index contributed by atoms with van der Waals surface area (Å²) in [5.74, 6) is 1.24. The molecule has 3 atom stereocenters. The van der Waals surface area contributed by atoms with Crippen LogP contribution in [0.25, 0.3) is 0 Å². The number of aliphatic hydroxyl groups is 1. The van der Waals surface area contributed by atoms with Crippen LogP contribution in [0.2, 0.25) is 0 Å². The summed E-state index contributed by atoms with van der Waals surface area (Å²) in [7, 11) is 0. The van der Waals surface area contributed by atoms with E-state index in [0.29, 0.717) is 11.8 Å². The van der Waals surface area contributed by atoms with E-state index in [9.17, 15) is 5.11 Å². The molecule has 72 valence electrons. The lowest BCUT2D eigenvalue weighted by Crippen LogP contribution is -2.25. The van der Waals surface area contributed by atoms with Crippen molar-refractivity contribution in [3.05, 3.63) is 12.7 Å². The van der Waals surface area contributed by atoms with Crippen LogP contribution in [0.3, 0.4) is 0 Å². The van der Waals surface area contributed by atoms with E-state index < -0.39 is 0 Å². The molecule has 0 saturated carbocycles. The van der Waals surface area contributed by atoms with E-state index in [0.717, 1.165) is 6.42 Å². The average Bonchev–Trinajstić information content (AvgIpc) is 2.00. The number of hydrogen-bond acceptors (Lipinski definition) is 1. The van der Waals surface area contributed by atoms with Gasteiger partial charge >= 0.3 is 0 Å². The highest BCUT2D eigenvalue weighted by Gasteiger charge is 2.19. The van der Waals surface area contributed by atoms with Crippen molar-refractivity contribution >= 4 is 0 Å². The predicted octanol–water partition coefficient (Wildman–Crippen LogP) is 2.85. The van der Waals surface area contributed by atoms with Gasteiger partial charge in [-0.05, 0) is 24.2 Å². The highest BCUT2D eigenvalue weighted by molar-refractivity contribution is 4.83. The van der Waals surface area contributed by atoms with Crippen LogP contribution in [0.4, 0.5) is 0 Å². The molecule has 0 aliphatic carbocycles. The first-order valence-electron chi connectivity index (χ1n) is 4.79. The van der Waals surface area contributed by atoms with Crippen molar-refractivity contribution in [1.82, 2.24) is 0 Å². The molecule has 0 fully saturated rings. The third-order valence-corrected chi connectivity index (χ3v) is 2.34. The zero-order valence-corrected chi connectivity index (χ0v) is 8.75. The topological polar surface area (TPSA) is 20.2 Å². The lowest BCUT2D eigenvalue weighted by Gasteiger charge is -2.23. The standard InChI is InChI=1S/C11H22O/c1-6-9(4)11(12)10(5)7-8(2)3/h6,8-12H,1,7H2,2-5H3/t9-,10-,11-/m0/s1. The molecule has 0 aromatic carbocycles. The summed E-state index contributed by atoms with van der Waals surface area (Å²) in [6, 6.07) is 0. The Hall–Kier alpha value is -0.300. The summed E-state index contributed by atoms with van der Waals surface area (Å²) in [5, 5.41) is 9.76. The largest absolute Gasteiger partial charge is 0.392 e. The molecule has 0 aromatic heterocycles. The SMILES string of the molecule is C=C[C@H](C)[C@H](O)[C@@H](C)CC(C)C. The Morgan fingerprint density at radius 3 is 2.08 bits per heavy atom. The Morgan fingerprint density at radius 2 is 1.75 bits per heavy atom. The minimum atomic E-state index is -0.232. The Bertz CT molecular complexity index is 129. The van der Waals surface area contributed by atoms with Crippen molar-refractivity contribution in [3.8, 4) is 0 Å². The highest BCUT2D eigenvalue weighted by atomic mass is 16.3. The fourth-order valence-corrected chi connectivity index (χ4v) is 1.54. The van der Waals surface area contributed by atoms with Crippen molar-refractivity contribution in [2.75, 3.05) is 0 Å². The summed E-state index contributed by atoms with van der Waals surface area (Å²) < 4.78 is 0. The molecular weight excluding hydrogens is 148 g/mol. The molecule has 1 heteroatoms. The fourth-order valence-electron chi connectivity index (χ4n) is 1.54. The Labute approximate surface area is 76.5 Å². The minimum Gasteiger partial charge on any atom is -0.392 e. The maximum absolute atomic E-state index is 9.76. The van der Waals surface area contributed by atoms with Gasteiger partial charge in [0, 0.05) is 0 Å². The summed E-state index contributed by atoms with van der Waals surface area (Å²) in [4.78, 5) is 0. The van der Waals surface area contributed by atoms with Crippen molar-refractivity contribution < 1.29 is 5.11 Å². The molecule has 0 rings (SSSR count). The molecule has 0 aliphatic heterocycles. The molecule has 0 bridgehead atoms. The quantitative estimate of drug-likeness (QED) is 0.629. The van der Waals surface area contributed by atoms with Gasteiger partial charge in [0.25, 0.3) is 0 Å². The lowest BCUT2D eigenvalue weighted by molar-refractivity contribution is 0.0731. The fraction of sp³-hybridized carbons (Fsp3) is 0.818. The first-order valence-corrected chi connectivity index (χ1v) is 4.79. The molecule has 0 amide bonds. The van der Waals surface area contributed by atoms with Gasteiger partial charge in [-0.1, -0.05) is 33.8 Å². The van der Waals surface area contributed by atoms with Crippen molar-refractivity contribution in [1.29, 1.82) is 0 Å². The second-order valence-electron chi connectivity index (χ2n) is 4.19. The van der Waals surface area contributed by atoms with E-state index in [1.807, 2.05) is 13.0 Å². The van der Waals surface area contributed by atoms with Crippen LogP contribution >= 0.6 is 0 Å². The zero-order chi connectivity index (χ0) is 9.72. The van der Waals surface area contributed by atoms with Crippen LogP contribution in [0.1, 0.15) is 34.1 Å². The molecule has 0 unspecified atom stereocenters. The summed E-state index contributed by atoms with van der Waals surface area (Å²) in [6.07, 6.45) is 2.67. The van der Waals surface area contributed by atoms with Gasteiger partial charge in [-0.15, -0.1) is 6.58 Å². The third-order valence-electron chi connectivity index (χ3n) is 2.34. The van der Waals surface area contributed by atoms with Crippen LogP contribution in [0.15, 0.2) is 12.7 Å². The summed E-state index contributed by atoms with van der Waals surface area (Å²) in [5.41, 5.74) is 0. The van der Waals surface area contributed by atoms with Crippen LogP contribution in [-0.2, 0) is 0 Å². The lowest BCUT2D eigenvalue weighted by atomic mass is 9.87.